The number of hydrogen-bond donors (Lipinski definition) is 0. The summed E-state index contributed by atoms with van der Waals surface area (Å²) < 4.78 is 4.54. The van der Waals surface area contributed by atoms with E-state index in [4.69, 9.17) is 15.0 Å². The number of fused-ring (bicyclic) bond motifs is 6. The van der Waals surface area contributed by atoms with Crippen molar-refractivity contribution in [2.75, 3.05) is 0 Å². The van der Waals surface area contributed by atoms with Gasteiger partial charge >= 0.3 is 0 Å². The van der Waals surface area contributed by atoms with Crippen molar-refractivity contribution in [2.24, 2.45) is 0 Å². The zero-order chi connectivity index (χ0) is 51.3. The van der Waals surface area contributed by atoms with Gasteiger partial charge in [-0.2, -0.15) is 21.0 Å². The quantitative estimate of drug-likeness (QED) is 0.147. The molecule has 0 radical (unpaired) electrons. The van der Waals surface area contributed by atoms with Crippen LogP contribution in [0.4, 0.5) is 0 Å². The van der Waals surface area contributed by atoms with E-state index in [-0.39, 0.29) is 0 Å². The van der Waals surface area contributed by atoms with Crippen LogP contribution in [0, 0.1) is 45.3 Å². The number of hydrogen-bond acceptors (Lipinski definition) is 7. The summed E-state index contributed by atoms with van der Waals surface area (Å²) in [6.45, 7) is 0. The van der Waals surface area contributed by atoms with Crippen molar-refractivity contribution in [3.63, 3.8) is 0 Å². The van der Waals surface area contributed by atoms with Crippen LogP contribution in [0.5, 0.6) is 0 Å². The lowest BCUT2D eigenvalue weighted by atomic mass is 9.98. The number of nitriles is 4. The maximum absolute atomic E-state index is 10.0. The minimum absolute atomic E-state index is 0.383. The number of nitrogens with zero attached hydrogens (tertiary/aromatic N) is 9. The summed E-state index contributed by atoms with van der Waals surface area (Å²) in [5.41, 5.74) is 14.6. The molecule has 9 heteroatoms. The van der Waals surface area contributed by atoms with E-state index in [0.717, 1.165) is 105 Å². The zero-order valence-electron chi connectivity index (χ0n) is 40.4. The van der Waals surface area contributed by atoms with Gasteiger partial charge < -0.3 is 9.13 Å². The maximum Gasteiger partial charge on any atom is 0.166 e. The molecule has 3 aromatic heterocycles. The molecule has 0 aliphatic rings. The van der Waals surface area contributed by atoms with E-state index in [9.17, 15) is 21.0 Å². The van der Waals surface area contributed by atoms with Crippen LogP contribution in [0.2, 0.25) is 0 Å². The Hall–Kier alpha value is -11.2. The molecule has 0 unspecified atom stereocenters. The fraction of sp³-hybridized carbons (Fsp3) is 0. The van der Waals surface area contributed by atoms with Crippen LogP contribution in [0.15, 0.2) is 224 Å². The SMILES string of the molecule is N#Cc1cc(C#N)cc(-c2ccc3c4ccc(-c5cc(C#N)cc(C#N)c5)cc4n(-c4ccc(-c5ccc6c7ccccc7n(-c7ccccc7)c6c5)cc4-c4nc(-c5ccccc5)nc(-c5ccccc5)n4)c3c2)c1. The molecule has 0 saturated heterocycles. The van der Waals surface area contributed by atoms with Crippen molar-refractivity contribution in [2.45, 2.75) is 0 Å². The van der Waals surface area contributed by atoms with Gasteiger partial charge in [0.15, 0.2) is 17.5 Å². The van der Waals surface area contributed by atoms with Gasteiger partial charge in [-0.1, -0.05) is 140 Å². The molecule has 10 aromatic carbocycles. The highest BCUT2D eigenvalue weighted by atomic mass is 15.1. The molecule has 0 fully saturated rings. The molecule has 0 amide bonds. The average molecular weight is 968 g/mol. The average Bonchev–Trinajstić information content (AvgIpc) is 4.05. The molecule has 350 valence electrons. The van der Waals surface area contributed by atoms with E-state index in [1.54, 1.807) is 36.4 Å². The Bertz CT molecular complexity index is 4420. The van der Waals surface area contributed by atoms with Crippen LogP contribution in [-0.4, -0.2) is 24.1 Å². The second kappa shape index (κ2) is 18.4. The van der Waals surface area contributed by atoms with Crippen LogP contribution in [0.25, 0.3) is 123 Å². The Morgan fingerprint density at radius 3 is 1.14 bits per heavy atom. The lowest BCUT2D eigenvalue weighted by molar-refractivity contribution is 1.06. The van der Waals surface area contributed by atoms with Crippen LogP contribution in [0.1, 0.15) is 22.3 Å². The van der Waals surface area contributed by atoms with Crippen molar-refractivity contribution >= 4 is 43.6 Å². The lowest BCUT2D eigenvalue weighted by Gasteiger charge is -2.17. The fourth-order valence-electron chi connectivity index (χ4n) is 10.5. The summed E-state index contributed by atoms with van der Waals surface area (Å²) in [4.78, 5) is 15.8. The number of rotatable bonds is 8. The van der Waals surface area contributed by atoms with Gasteiger partial charge in [-0.15, -0.1) is 0 Å². The van der Waals surface area contributed by atoms with Gasteiger partial charge in [0.2, 0.25) is 0 Å². The second-order valence-corrected chi connectivity index (χ2v) is 18.5. The van der Waals surface area contributed by atoms with Gasteiger partial charge in [-0.25, -0.2) is 15.0 Å². The highest BCUT2D eigenvalue weighted by molar-refractivity contribution is 6.12. The van der Waals surface area contributed by atoms with E-state index in [0.29, 0.717) is 39.7 Å². The number of aromatic nitrogens is 5. The Balaban J connectivity index is 1.13. The van der Waals surface area contributed by atoms with Crippen molar-refractivity contribution in [1.82, 2.24) is 24.1 Å². The molecular weight excluding hydrogens is 931 g/mol. The number of benzene rings is 10. The van der Waals surface area contributed by atoms with Crippen LogP contribution in [0.3, 0.4) is 0 Å². The second-order valence-electron chi connectivity index (χ2n) is 18.5. The van der Waals surface area contributed by atoms with Crippen molar-refractivity contribution in [3.05, 3.63) is 247 Å². The highest BCUT2D eigenvalue weighted by Crippen LogP contribution is 2.42. The number of para-hydroxylation sites is 2. The third kappa shape index (κ3) is 7.75. The largest absolute Gasteiger partial charge is 0.309 e. The normalized spacial score (nSPS) is 11.1. The Kier molecular flexibility index (Phi) is 10.8. The summed E-state index contributed by atoms with van der Waals surface area (Å²) in [7, 11) is 0. The fourth-order valence-corrected chi connectivity index (χ4v) is 10.5. The van der Waals surface area contributed by atoms with Gasteiger partial charge in [0.25, 0.3) is 0 Å². The van der Waals surface area contributed by atoms with Gasteiger partial charge in [0.1, 0.15) is 0 Å². The zero-order valence-corrected chi connectivity index (χ0v) is 40.4. The van der Waals surface area contributed by atoms with Gasteiger partial charge in [-0.05, 0) is 118 Å². The van der Waals surface area contributed by atoms with Gasteiger partial charge in [-0.3, -0.25) is 0 Å². The molecule has 9 nitrogen and oxygen atoms in total. The standard InChI is InChI=1S/C67H37N9/c68-38-42-28-43(39-69)31-52(30-42)50-21-25-57-58-26-22-51(53-32-44(40-70)29-45(33-53)41-71)37-64(58)76(63(57)36-50)61-27-23-48(49-20-24-56-55-18-10-11-19-60(55)75(62(56)35-49)54-16-8-3-9-17-54)34-59(61)67-73-65(46-12-4-1-5-13-46)72-66(74-67)47-14-6-2-7-15-47/h1-37H. The predicted octanol–water partition coefficient (Wildman–Crippen LogP) is 15.6. The summed E-state index contributed by atoms with van der Waals surface area (Å²) in [6, 6.07) is 83.6. The van der Waals surface area contributed by atoms with Crippen molar-refractivity contribution in [1.29, 1.82) is 21.0 Å². The van der Waals surface area contributed by atoms with E-state index in [1.807, 2.05) is 78.9 Å². The summed E-state index contributed by atoms with van der Waals surface area (Å²) in [5, 5.41) is 44.3. The minimum Gasteiger partial charge on any atom is -0.309 e. The molecule has 0 spiro atoms. The monoisotopic (exact) mass is 967 g/mol. The maximum atomic E-state index is 10.0. The molecule has 0 aliphatic heterocycles. The smallest absolute Gasteiger partial charge is 0.166 e. The summed E-state index contributed by atoms with van der Waals surface area (Å²) in [6.07, 6.45) is 0. The van der Waals surface area contributed by atoms with Crippen LogP contribution in [-0.2, 0) is 0 Å². The highest BCUT2D eigenvalue weighted by Gasteiger charge is 2.23. The molecule has 13 rings (SSSR count). The third-order valence-corrected chi connectivity index (χ3v) is 14.0. The molecule has 13 aromatic rings. The summed E-state index contributed by atoms with van der Waals surface area (Å²) in [5.74, 6) is 1.47. The van der Waals surface area contributed by atoms with Gasteiger partial charge in [0, 0.05) is 43.9 Å². The van der Waals surface area contributed by atoms with Crippen molar-refractivity contribution in [3.8, 4) is 103 Å². The molecule has 3 heterocycles. The predicted molar refractivity (Wildman–Crippen MR) is 300 cm³/mol. The van der Waals surface area contributed by atoms with E-state index < -0.39 is 0 Å². The first-order valence-electron chi connectivity index (χ1n) is 24.6. The van der Waals surface area contributed by atoms with Gasteiger partial charge in [0.05, 0.1) is 74.3 Å². The third-order valence-electron chi connectivity index (χ3n) is 14.0. The van der Waals surface area contributed by atoms with Crippen molar-refractivity contribution < 1.29 is 0 Å². The minimum atomic E-state index is 0.383. The topological polar surface area (TPSA) is 144 Å². The molecular formula is C67H37N9. The first-order chi connectivity index (χ1) is 37.4. The Morgan fingerprint density at radius 1 is 0.276 bits per heavy atom. The molecule has 76 heavy (non-hydrogen) atoms. The van der Waals surface area contributed by atoms with Crippen LogP contribution >= 0.6 is 0 Å². The molecule has 0 N–H and O–H groups in total. The van der Waals surface area contributed by atoms with E-state index in [1.165, 1.54) is 0 Å². The Labute approximate surface area is 436 Å². The van der Waals surface area contributed by atoms with Crippen LogP contribution < -0.4 is 0 Å². The first kappa shape index (κ1) is 44.7. The Morgan fingerprint density at radius 2 is 0.658 bits per heavy atom. The molecule has 0 atom stereocenters. The summed E-state index contributed by atoms with van der Waals surface area (Å²) >= 11 is 0. The first-order valence-corrected chi connectivity index (χ1v) is 24.6. The molecule has 0 aliphatic carbocycles. The van der Waals surface area contributed by atoms with E-state index >= 15 is 0 Å². The van der Waals surface area contributed by atoms with E-state index in [2.05, 4.69) is 143 Å². The molecule has 0 bridgehead atoms. The molecule has 0 saturated carbocycles. The lowest BCUT2D eigenvalue weighted by Crippen LogP contribution is -2.04.